The zero-order valence-corrected chi connectivity index (χ0v) is 12.0. The first-order valence-corrected chi connectivity index (χ1v) is 7.67. The summed E-state index contributed by atoms with van der Waals surface area (Å²) < 4.78 is 26.9. The highest BCUT2D eigenvalue weighted by Crippen LogP contribution is 2.29. The highest BCUT2D eigenvalue weighted by atomic mass is 79.9. The number of nitrogens with zero attached hydrogens (tertiary/aromatic N) is 1. The first kappa shape index (κ1) is 13.0. The SMILES string of the molecule is Cc1cccc(S(=O)(=O)N2CC[C@@H](N)C2)c1Br. The van der Waals surface area contributed by atoms with Gasteiger partial charge in [-0.25, -0.2) is 8.42 Å². The second-order valence-corrected chi connectivity index (χ2v) is 7.00. The van der Waals surface area contributed by atoms with Crippen LogP contribution in [-0.2, 0) is 10.0 Å². The van der Waals surface area contributed by atoms with Crippen LogP contribution in [0.4, 0.5) is 0 Å². The van der Waals surface area contributed by atoms with Crippen LogP contribution in [-0.4, -0.2) is 31.9 Å². The van der Waals surface area contributed by atoms with Crippen LogP contribution < -0.4 is 5.73 Å². The van der Waals surface area contributed by atoms with Crippen LogP contribution in [0.1, 0.15) is 12.0 Å². The van der Waals surface area contributed by atoms with E-state index < -0.39 is 10.0 Å². The summed E-state index contributed by atoms with van der Waals surface area (Å²) in [4.78, 5) is 0.326. The third-order valence-corrected chi connectivity index (χ3v) is 6.18. The van der Waals surface area contributed by atoms with Crippen LogP contribution >= 0.6 is 15.9 Å². The lowest BCUT2D eigenvalue weighted by Crippen LogP contribution is -2.32. The van der Waals surface area contributed by atoms with Gasteiger partial charge in [0.25, 0.3) is 0 Å². The normalized spacial score (nSPS) is 21.9. The molecule has 0 aliphatic carbocycles. The predicted molar refractivity (Wildman–Crippen MR) is 70.2 cm³/mol. The molecule has 1 atom stereocenters. The molecule has 17 heavy (non-hydrogen) atoms. The lowest BCUT2D eigenvalue weighted by Gasteiger charge is -2.17. The number of nitrogens with two attached hydrogens (primary N) is 1. The summed E-state index contributed by atoms with van der Waals surface area (Å²) in [6, 6.07) is 5.20. The molecule has 0 amide bonds. The van der Waals surface area contributed by atoms with Crippen LogP contribution in [0.15, 0.2) is 27.6 Å². The number of hydrogen-bond acceptors (Lipinski definition) is 3. The van der Waals surface area contributed by atoms with Crippen molar-refractivity contribution in [2.45, 2.75) is 24.3 Å². The Balaban J connectivity index is 2.42. The quantitative estimate of drug-likeness (QED) is 0.898. The summed E-state index contributed by atoms with van der Waals surface area (Å²) >= 11 is 3.34. The smallest absolute Gasteiger partial charge is 0.244 e. The Labute approximate surface area is 110 Å². The van der Waals surface area contributed by atoms with E-state index in [0.717, 1.165) is 12.0 Å². The first-order valence-electron chi connectivity index (χ1n) is 5.44. The van der Waals surface area contributed by atoms with E-state index in [9.17, 15) is 8.42 Å². The molecule has 0 unspecified atom stereocenters. The van der Waals surface area contributed by atoms with E-state index in [0.29, 0.717) is 22.5 Å². The largest absolute Gasteiger partial charge is 0.326 e. The van der Waals surface area contributed by atoms with E-state index in [1.165, 1.54) is 4.31 Å². The van der Waals surface area contributed by atoms with Gasteiger partial charge in [0.2, 0.25) is 10.0 Å². The molecule has 94 valence electrons. The average Bonchev–Trinajstić information content (AvgIpc) is 2.69. The third kappa shape index (κ3) is 2.40. The fourth-order valence-corrected chi connectivity index (χ4v) is 4.46. The molecule has 1 fully saturated rings. The van der Waals surface area contributed by atoms with Gasteiger partial charge in [-0.1, -0.05) is 12.1 Å². The van der Waals surface area contributed by atoms with Crippen molar-refractivity contribution >= 4 is 26.0 Å². The molecule has 1 aliphatic rings. The predicted octanol–water partition coefficient (Wildman–Crippen LogP) is 1.48. The molecule has 2 rings (SSSR count). The fraction of sp³-hybridized carbons (Fsp3) is 0.455. The Hall–Kier alpha value is -0.430. The molecule has 6 heteroatoms. The Bertz CT molecular complexity index is 530. The van der Waals surface area contributed by atoms with Crippen molar-refractivity contribution in [3.63, 3.8) is 0 Å². The Morgan fingerprint density at radius 3 is 2.76 bits per heavy atom. The van der Waals surface area contributed by atoms with Crippen LogP contribution in [0, 0.1) is 6.92 Å². The summed E-state index contributed by atoms with van der Waals surface area (Å²) in [6.07, 6.45) is 0.725. The summed E-state index contributed by atoms with van der Waals surface area (Å²) in [5, 5.41) is 0. The third-order valence-electron chi connectivity index (χ3n) is 2.96. The molecule has 0 spiro atoms. The summed E-state index contributed by atoms with van der Waals surface area (Å²) in [7, 11) is -3.42. The van der Waals surface area contributed by atoms with Crippen molar-refractivity contribution in [3.05, 3.63) is 28.2 Å². The second kappa shape index (κ2) is 4.68. The van der Waals surface area contributed by atoms with Gasteiger partial charge in [0, 0.05) is 23.6 Å². The highest BCUT2D eigenvalue weighted by Gasteiger charge is 2.32. The minimum absolute atomic E-state index is 0.0478. The van der Waals surface area contributed by atoms with Crippen LogP contribution in [0.5, 0.6) is 0 Å². The Morgan fingerprint density at radius 2 is 2.18 bits per heavy atom. The van der Waals surface area contributed by atoms with Gasteiger partial charge in [-0.15, -0.1) is 0 Å². The molecular weight excluding hydrogens is 304 g/mol. The van der Waals surface area contributed by atoms with E-state index in [2.05, 4.69) is 15.9 Å². The van der Waals surface area contributed by atoms with Crippen molar-refractivity contribution < 1.29 is 8.42 Å². The Kier molecular flexibility index (Phi) is 3.58. The van der Waals surface area contributed by atoms with Gasteiger partial charge in [-0.2, -0.15) is 4.31 Å². The molecule has 0 aromatic heterocycles. The maximum Gasteiger partial charge on any atom is 0.244 e. The highest BCUT2D eigenvalue weighted by molar-refractivity contribution is 9.10. The van der Waals surface area contributed by atoms with Crippen molar-refractivity contribution in [3.8, 4) is 0 Å². The van der Waals surface area contributed by atoms with Gasteiger partial charge >= 0.3 is 0 Å². The lowest BCUT2D eigenvalue weighted by atomic mass is 10.2. The molecule has 1 heterocycles. The average molecular weight is 319 g/mol. The van der Waals surface area contributed by atoms with E-state index >= 15 is 0 Å². The summed E-state index contributed by atoms with van der Waals surface area (Å²) in [5.74, 6) is 0. The molecule has 1 aromatic carbocycles. The molecule has 2 N–H and O–H groups in total. The van der Waals surface area contributed by atoms with Gasteiger partial charge in [0.15, 0.2) is 0 Å². The topological polar surface area (TPSA) is 63.4 Å². The Morgan fingerprint density at radius 1 is 1.47 bits per heavy atom. The molecular formula is C11H15BrN2O2S. The zero-order valence-electron chi connectivity index (χ0n) is 9.56. The molecule has 4 nitrogen and oxygen atoms in total. The van der Waals surface area contributed by atoms with Crippen molar-refractivity contribution in [2.75, 3.05) is 13.1 Å². The van der Waals surface area contributed by atoms with Crippen molar-refractivity contribution in [2.24, 2.45) is 5.73 Å². The van der Waals surface area contributed by atoms with Gasteiger partial charge in [-0.3, -0.25) is 0 Å². The minimum Gasteiger partial charge on any atom is -0.326 e. The number of halogens is 1. The van der Waals surface area contributed by atoms with Crippen molar-refractivity contribution in [1.29, 1.82) is 0 Å². The van der Waals surface area contributed by atoms with Gasteiger partial charge in [0.05, 0.1) is 4.90 Å². The summed E-state index contributed by atoms with van der Waals surface area (Å²) in [6.45, 7) is 2.78. The molecule has 0 radical (unpaired) electrons. The number of rotatable bonds is 2. The second-order valence-electron chi connectivity index (χ2n) is 4.30. The fourth-order valence-electron chi connectivity index (χ4n) is 1.93. The molecule has 0 bridgehead atoms. The van der Waals surface area contributed by atoms with Crippen LogP contribution in [0.25, 0.3) is 0 Å². The number of aryl methyl sites for hydroxylation is 1. The van der Waals surface area contributed by atoms with Crippen LogP contribution in [0.2, 0.25) is 0 Å². The van der Waals surface area contributed by atoms with E-state index in [1.54, 1.807) is 12.1 Å². The minimum atomic E-state index is -3.42. The standard InChI is InChI=1S/C11H15BrN2O2S/c1-8-3-2-4-10(11(8)12)17(15,16)14-6-5-9(13)7-14/h2-4,9H,5-7,13H2,1H3/t9-/m1/s1. The molecule has 1 saturated heterocycles. The van der Waals surface area contributed by atoms with E-state index in [-0.39, 0.29) is 6.04 Å². The maximum atomic E-state index is 12.4. The maximum absolute atomic E-state index is 12.4. The zero-order chi connectivity index (χ0) is 12.6. The number of sulfonamides is 1. The summed E-state index contributed by atoms with van der Waals surface area (Å²) in [5.41, 5.74) is 6.66. The lowest BCUT2D eigenvalue weighted by molar-refractivity contribution is 0.472. The first-order chi connectivity index (χ1) is 7.93. The molecule has 1 aromatic rings. The van der Waals surface area contributed by atoms with Crippen LogP contribution in [0.3, 0.4) is 0 Å². The molecule has 1 aliphatic heterocycles. The van der Waals surface area contributed by atoms with Gasteiger partial charge in [-0.05, 0) is 40.9 Å². The van der Waals surface area contributed by atoms with E-state index in [1.807, 2.05) is 13.0 Å². The van der Waals surface area contributed by atoms with E-state index in [4.69, 9.17) is 5.73 Å². The molecule has 0 saturated carbocycles. The number of benzene rings is 1. The van der Waals surface area contributed by atoms with Crippen molar-refractivity contribution in [1.82, 2.24) is 4.31 Å². The van der Waals surface area contributed by atoms with Gasteiger partial charge in [0.1, 0.15) is 0 Å². The number of hydrogen-bond donors (Lipinski definition) is 1. The van der Waals surface area contributed by atoms with Gasteiger partial charge < -0.3 is 5.73 Å². The monoisotopic (exact) mass is 318 g/mol.